The molecule has 1 aliphatic rings. The number of aryl methyl sites for hydroxylation is 1. The van der Waals surface area contributed by atoms with E-state index in [9.17, 15) is 4.79 Å². The predicted molar refractivity (Wildman–Crippen MR) is 107 cm³/mol. The summed E-state index contributed by atoms with van der Waals surface area (Å²) < 4.78 is 9.05. The molecule has 4 aromatic rings. The number of imidazole rings is 1. The largest absolute Gasteiger partial charge is 0.461 e. The second kappa shape index (κ2) is 6.70. The zero-order valence-corrected chi connectivity index (χ0v) is 16.2. The summed E-state index contributed by atoms with van der Waals surface area (Å²) in [5, 5.41) is 8.94. The minimum Gasteiger partial charge on any atom is -0.461 e. The van der Waals surface area contributed by atoms with Gasteiger partial charge in [0, 0.05) is 12.0 Å². The molecule has 7 heteroatoms. The molecule has 0 bridgehead atoms. The lowest BCUT2D eigenvalue weighted by Crippen LogP contribution is -2.10. The molecule has 0 spiro atoms. The quantitative estimate of drug-likeness (QED) is 0.444. The highest BCUT2D eigenvalue weighted by atomic mass is 16.5. The number of aromatic nitrogens is 5. The van der Waals surface area contributed by atoms with Crippen molar-refractivity contribution in [3.8, 4) is 22.6 Å². The molecule has 29 heavy (non-hydrogen) atoms. The number of benzene rings is 2. The Morgan fingerprint density at radius 3 is 2.72 bits per heavy atom. The number of fused-ring (bicyclic) bond motifs is 5. The van der Waals surface area contributed by atoms with Crippen LogP contribution in [-0.4, -0.2) is 37.1 Å². The van der Waals surface area contributed by atoms with E-state index in [1.54, 1.807) is 13.3 Å². The SMILES string of the molecule is CCOC(=O)c1ncn2c1Cc1c(-c3ccccc3)nnn1-c1cc(C)ccc1-2. The lowest BCUT2D eigenvalue weighted by molar-refractivity contribution is 0.0519. The van der Waals surface area contributed by atoms with Gasteiger partial charge in [-0.15, -0.1) is 5.10 Å². The van der Waals surface area contributed by atoms with Crippen LogP contribution in [0.3, 0.4) is 0 Å². The van der Waals surface area contributed by atoms with Crippen molar-refractivity contribution in [1.29, 1.82) is 0 Å². The van der Waals surface area contributed by atoms with Crippen molar-refractivity contribution in [3.63, 3.8) is 0 Å². The Morgan fingerprint density at radius 1 is 1.10 bits per heavy atom. The molecular formula is C22H19N5O2. The van der Waals surface area contributed by atoms with Crippen LogP contribution in [0.15, 0.2) is 54.9 Å². The average molecular weight is 385 g/mol. The van der Waals surface area contributed by atoms with E-state index < -0.39 is 5.97 Å². The van der Waals surface area contributed by atoms with Crippen molar-refractivity contribution in [3.05, 3.63) is 77.5 Å². The molecule has 0 saturated carbocycles. The standard InChI is InChI=1S/C22H19N5O2/c1-3-29-22(28)21-18-12-19-20(15-7-5-4-6-8-15)24-25-27(19)17-11-14(2)9-10-16(17)26(18)13-23-21/h4-11,13H,3,12H2,1-2H3. The fraction of sp³-hybridized carbons (Fsp3) is 0.182. The van der Waals surface area contributed by atoms with E-state index in [-0.39, 0.29) is 0 Å². The fourth-order valence-electron chi connectivity index (χ4n) is 3.76. The lowest BCUT2D eigenvalue weighted by Gasteiger charge is -2.10. The molecule has 0 radical (unpaired) electrons. The van der Waals surface area contributed by atoms with Gasteiger partial charge in [-0.1, -0.05) is 41.6 Å². The summed E-state index contributed by atoms with van der Waals surface area (Å²) in [4.78, 5) is 16.9. The molecule has 0 amide bonds. The molecule has 7 nitrogen and oxygen atoms in total. The molecular weight excluding hydrogens is 366 g/mol. The zero-order chi connectivity index (χ0) is 20.0. The van der Waals surface area contributed by atoms with Gasteiger partial charge in [0.2, 0.25) is 0 Å². The summed E-state index contributed by atoms with van der Waals surface area (Å²) in [7, 11) is 0. The number of carbonyl (C=O) groups is 1. The van der Waals surface area contributed by atoms with Gasteiger partial charge in [0.1, 0.15) is 12.0 Å². The first-order valence-electron chi connectivity index (χ1n) is 9.52. The Morgan fingerprint density at radius 2 is 1.93 bits per heavy atom. The van der Waals surface area contributed by atoms with E-state index in [4.69, 9.17) is 4.74 Å². The summed E-state index contributed by atoms with van der Waals surface area (Å²) in [5.41, 5.74) is 6.70. The van der Waals surface area contributed by atoms with E-state index in [2.05, 4.69) is 21.4 Å². The van der Waals surface area contributed by atoms with Gasteiger partial charge < -0.3 is 4.74 Å². The van der Waals surface area contributed by atoms with Gasteiger partial charge >= 0.3 is 5.97 Å². The first-order valence-corrected chi connectivity index (χ1v) is 9.52. The molecule has 144 valence electrons. The third-order valence-electron chi connectivity index (χ3n) is 5.10. The van der Waals surface area contributed by atoms with E-state index >= 15 is 0 Å². The van der Waals surface area contributed by atoms with Gasteiger partial charge in [0.15, 0.2) is 5.69 Å². The van der Waals surface area contributed by atoms with Gasteiger partial charge in [0.05, 0.1) is 29.4 Å². The number of hydrogen-bond acceptors (Lipinski definition) is 5. The normalized spacial score (nSPS) is 11.9. The topological polar surface area (TPSA) is 74.8 Å². The molecule has 0 N–H and O–H groups in total. The number of ether oxygens (including phenoxy) is 1. The van der Waals surface area contributed by atoms with Crippen LogP contribution in [0.2, 0.25) is 0 Å². The molecule has 3 heterocycles. The number of nitrogens with zero attached hydrogens (tertiary/aromatic N) is 5. The van der Waals surface area contributed by atoms with Gasteiger partial charge in [-0.05, 0) is 31.5 Å². The van der Waals surface area contributed by atoms with Crippen LogP contribution in [0.5, 0.6) is 0 Å². The first-order chi connectivity index (χ1) is 14.2. The Hall–Kier alpha value is -3.74. The molecule has 0 fully saturated rings. The molecule has 2 aromatic heterocycles. The molecule has 0 atom stereocenters. The van der Waals surface area contributed by atoms with Crippen LogP contribution in [0.25, 0.3) is 22.6 Å². The van der Waals surface area contributed by atoms with Crippen LogP contribution in [0.4, 0.5) is 0 Å². The van der Waals surface area contributed by atoms with Gasteiger partial charge in [0.25, 0.3) is 0 Å². The van der Waals surface area contributed by atoms with Crippen LogP contribution in [0.1, 0.15) is 34.4 Å². The highest BCUT2D eigenvalue weighted by Crippen LogP contribution is 2.33. The molecule has 1 aliphatic heterocycles. The molecule has 0 unspecified atom stereocenters. The van der Waals surface area contributed by atoms with E-state index in [0.29, 0.717) is 18.7 Å². The average Bonchev–Trinajstić information content (AvgIpc) is 3.31. The second-order valence-corrected chi connectivity index (χ2v) is 6.96. The van der Waals surface area contributed by atoms with E-state index in [0.717, 1.165) is 39.6 Å². The second-order valence-electron chi connectivity index (χ2n) is 6.96. The number of rotatable bonds is 3. The van der Waals surface area contributed by atoms with E-state index in [1.165, 1.54) is 0 Å². The highest BCUT2D eigenvalue weighted by molar-refractivity contribution is 5.89. The monoisotopic (exact) mass is 385 g/mol. The summed E-state index contributed by atoms with van der Waals surface area (Å²) in [6, 6.07) is 16.1. The Kier molecular flexibility index (Phi) is 4.01. The van der Waals surface area contributed by atoms with Gasteiger partial charge in [-0.25, -0.2) is 14.5 Å². The summed E-state index contributed by atoms with van der Waals surface area (Å²) in [6.45, 7) is 4.13. The molecule has 2 aromatic carbocycles. The molecule has 5 rings (SSSR count). The lowest BCUT2D eigenvalue weighted by atomic mass is 10.1. The first kappa shape index (κ1) is 17.4. The number of hydrogen-bond donors (Lipinski definition) is 0. The Balaban J connectivity index is 1.78. The fourth-order valence-corrected chi connectivity index (χ4v) is 3.76. The molecule has 0 saturated heterocycles. The Labute approximate surface area is 167 Å². The van der Waals surface area contributed by atoms with Crippen LogP contribution >= 0.6 is 0 Å². The Bertz CT molecular complexity index is 1220. The maximum absolute atomic E-state index is 12.5. The van der Waals surface area contributed by atoms with Crippen LogP contribution < -0.4 is 0 Å². The third-order valence-corrected chi connectivity index (χ3v) is 5.10. The van der Waals surface area contributed by atoms with Crippen molar-refractivity contribution < 1.29 is 9.53 Å². The summed E-state index contributed by atoms with van der Waals surface area (Å²) >= 11 is 0. The van der Waals surface area contributed by atoms with Gasteiger partial charge in [-0.3, -0.25) is 4.57 Å². The van der Waals surface area contributed by atoms with Crippen LogP contribution in [0, 0.1) is 6.92 Å². The number of esters is 1. The van der Waals surface area contributed by atoms with Crippen LogP contribution in [-0.2, 0) is 11.2 Å². The van der Waals surface area contributed by atoms with Crippen molar-refractivity contribution in [2.75, 3.05) is 6.61 Å². The van der Waals surface area contributed by atoms with Crippen molar-refractivity contribution >= 4 is 5.97 Å². The smallest absolute Gasteiger partial charge is 0.358 e. The predicted octanol–water partition coefficient (Wildman–Crippen LogP) is 3.51. The number of carbonyl (C=O) groups excluding carboxylic acids is 1. The zero-order valence-electron chi connectivity index (χ0n) is 16.2. The van der Waals surface area contributed by atoms with Crippen molar-refractivity contribution in [1.82, 2.24) is 24.5 Å². The van der Waals surface area contributed by atoms with Crippen molar-refractivity contribution in [2.45, 2.75) is 20.3 Å². The highest BCUT2D eigenvalue weighted by Gasteiger charge is 2.29. The minimum absolute atomic E-state index is 0.301. The maximum atomic E-state index is 12.5. The molecule has 0 aliphatic carbocycles. The maximum Gasteiger partial charge on any atom is 0.358 e. The van der Waals surface area contributed by atoms with Gasteiger partial charge in [-0.2, -0.15) is 0 Å². The third kappa shape index (κ3) is 2.74. The summed E-state index contributed by atoms with van der Waals surface area (Å²) in [5.74, 6) is -0.419. The summed E-state index contributed by atoms with van der Waals surface area (Å²) in [6.07, 6.45) is 2.14. The van der Waals surface area contributed by atoms with E-state index in [1.807, 2.05) is 58.6 Å². The van der Waals surface area contributed by atoms with Crippen molar-refractivity contribution in [2.24, 2.45) is 0 Å². The minimum atomic E-state index is -0.419.